The van der Waals surface area contributed by atoms with Gasteiger partial charge in [-0.2, -0.15) is 0 Å². The van der Waals surface area contributed by atoms with Crippen molar-refractivity contribution in [2.24, 2.45) is 5.92 Å². The van der Waals surface area contributed by atoms with Gasteiger partial charge in [-0.1, -0.05) is 30.3 Å². The van der Waals surface area contributed by atoms with E-state index in [1.807, 2.05) is 0 Å². The number of nitrogens with zero attached hydrogens (tertiary/aromatic N) is 3. The molecule has 3 heterocycles. The molecule has 6 rings (SSSR count). The third kappa shape index (κ3) is 6.15. The Hall–Kier alpha value is -6.13. The highest BCUT2D eigenvalue weighted by Crippen LogP contribution is 2.51. The molecule has 0 spiro atoms. The summed E-state index contributed by atoms with van der Waals surface area (Å²) >= 11 is 0.729. The van der Waals surface area contributed by atoms with Gasteiger partial charge in [-0.3, -0.25) is 24.5 Å². The lowest BCUT2D eigenvalue weighted by Crippen LogP contribution is -2.37. The molecule has 0 bridgehead atoms. The number of imide groups is 1. The lowest BCUT2D eigenvalue weighted by Gasteiger charge is -2.29. The van der Waals surface area contributed by atoms with Gasteiger partial charge in [0, 0.05) is 12.1 Å². The van der Waals surface area contributed by atoms with Crippen molar-refractivity contribution in [3.63, 3.8) is 0 Å². The van der Waals surface area contributed by atoms with Crippen LogP contribution in [0.3, 0.4) is 0 Å². The predicted octanol–water partition coefficient (Wildman–Crippen LogP) is 5.21. The highest BCUT2D eigenvalue weighted by Gasteiger charge is 2.61. The van der Waals surface area contributed by atoms with Crippen molar-refractivity contribution < 1.29 is 52.7 Å². The highest BCUT2D eigenvalue weighted by molar-refractivity contribution is 7.19. The van der Waals surface area contributed by atoms with E-state index in [4.69, 9.17) is 23.8 Å². The molecule has 2 aliphatic heterocycles. The van der Waals surface area contributed by atoms with E-state index in [-0.39, 0.29) is 50.5 Å². The van der Waals surface area contributed by atoms with E-state index in [9.17, 15) is 34.1 Å². The monoisotopic (exact) mass is 715 g/mol. The zero-order valence-electron chi connectivity index (χ0n) is 27.5. The van der Waals surface area contributed by atoms with Gasteiger partial charge in [-0.05, 0) is 55.3 Å². The summed E-state index contributed by atoms with van der Waals surface area (Å²) < 4.78 is 21.2. The average molecular weight is 716 g/mol. The quantitative estimate of drug-likeness (QED) is 0.0687. The van der Waals surface area contributed by atoms with Crippen molar-refractivity contribution in [1.82, 2.24) is 0 Å². The van der Waals surface area contributed by atoms with Crippen LogP contribution in [-0.2, 0) is 23.9 Å². The first-order valence-corrected chi connectivity index (χ1v) is 16.2. The van der Waals surface area contributed by atoms with E-state index >= 15 is 0 Å². The molecule has 51 heavy (non-hydrogen) atoms. The summed E-state index contributed by atoms with van der Waals surface area (Å²) in [5, 5.41) is 12.8. The van der Waals surface area contributed by atoms with E-state index in [0.29, 0.717) is 11.1 Å². The number of ether oxygens (including phenoxy) is 4. The summed E-state index contributed by atoms with van der Waals surface area (Å²) in [7, 11) is 2.48. The number of hydroxylamine groups is 1. The standard InChI is InChI=1S/C35H29N3O12S/c1-5-48-35(43)29-18(2)25(34(42)47-4)32(51-29)36-30(39)26-27(37(50-28(26)31(36)40)21-12-9-13-22(17-21)38(44)45)20-14-15-23(24(16-20)46-3)49-33(41)19-10-7-6-8-11-19/h6-17,26-28H,5H2,1-4H3/t26-,27+,28+/m1/s1. The number of thiophene rings is 1. The Kier molecular flexibility index (Phi) is 9.54. The fourth-order valence-electron chi connectivity index (χ4n) is 6.00. The minimum Gasteiger partial charge on any atom is -0.493 e. The molecule has 0 saturated carbocycles. The molecule has 2 saturated heterocycles. The maximum Gasteiger partial charge on any atom is 0.348 e. The number of methoxy groups -OCH3 is 2. The molecule has 0 aliphatic carbocycles. The van der Waals surface area contributed by atoms with Crippen molar-refractivity contribution in [2.45, 2.75) is 26.0 Å². The second-order valence-corrected chi connectivity index (χ2v) is 12.2. The van der Waals surface area contributed by atoms with Crippen LogP contribution in [0.4, 0.5) is 16.4 Å². The minimum atomic E-state index is -1.46. The molecular weight excluding hydrogens is 686 g/mol. The molecule has 16 heteroatoms. The zero-order valence-corrected chi connectivity index (χ0v) is 28.3. The molecule has 15 nitrogen and oxygen atoms in total. The number of hydrogen-bond acceptors (Lipinski definition) is 14. The summed E-state index contributed by atoms with van der Waals surface area (Å²) in [5.41, 5.74) is 0.556. The van der Waals surface area contributed by atoms with E-state index < -0.39 is 52.7 Å². The zero-order chi connectivity index (χ0) is 36.6. The first-order valence-electron chi connectivity index (χ1n) is 15.4. The van der Waals surface area contributed by atoms with Crippen LogP contribution in [0.5, 0.6) is 11.5 Å². The maximum atomic E-state index is 14.5. The number of carbonyl (C=O) groups excluding carboxylic acids is 5. The molecule has 0 radical (unpaired) electrons. The number of hydrogen-bond donors (Lipinski definition) is 0. The SMILES string of the molecule is CCOC(=O)c1sc(N2C(=O)[C@H]3[C@H](ON(c4cccc([N+](=O)[O-])c4)[C@H]3c3ccc(OC(=O)c4ccccc4)c(OC)c3)C2=O)c(C(=O)OC)c1C. The van der Waals surface area contributed by atoms with Crippen LogP contribution in [0.2, 0.25) is 0 Å². The van der Waals surface area contributed by atoms with Crippen LogP contribution < -0.4 is 19.4 Å². The number of amides is 2. The fraction of sp³-hybridized carbons (Fsp3) is 0.229. The van der Waals surface area contributed by atoms with Crippen LogP contribution in [0.1, 0.15) is 54.5 Å². The van der Waals surface area contributed by atoms with E-state index in [0.717, 1.165) is 23.3 Å². The molecule has 1 aromatic heterocycles. The lowest BCUT2D eigenvalue weighted by molar-refractivity contribution is -0.384. The lowest BCUT2D eigenvalue weighted by atomic mass is 9.90. The summed E-state index contributed by atoms with van der Waals surface area (Å²) in [5.74, 6) is -4.99. The van der Waals surface area contributed by atoms with Crippen molar-refractivity contribution >= 4 is 57.4 Å². The first kappa shape index (κ1) is 34.7. The second kappa shape index (κ2) is 14.0. The van der Waals surface area contributed by atoms with E-state index in [1.165, 1.54) is 55.5 Å². The third-order valence-electron chi connectivity index (χ3n) is 8.33. The van der Waals surface area contributed by atoms with Crippen molar-refractivity contribution in [2.75, 3.05) is 30.8 Å². The van der Waals surface area contributed by atoms with Crippen LogP contribution in [-0.4, -0.2) is 61.6 Å². The average Bonchev–Trinajstić information content (AvgIpc) is 3.77. The van der Waals surface area contributed by atoms with Crippen LogP contribution in [0, 0.1) is 23.0 Å². The Balaban J connectivity index is 1.44. The van der Waals surface area contributed by atoms with Crippen LogP contribution in [0.15, 0.2) is 72.8 Å². The van der Waals surface area contributed by atoms with Crippen LogP contribution >= 0.6 is 11.3 Å². The highest BCUT2D eigenvalue weighted by atomic mass is 32.1. The molecule has 2 aliphatic rings. The number of nitro benzene ring substituents is 1. The number of rotatable bonds is 10. The number of non-ortho nitro benzene ring substituents is 1. The topological polar surface area (TPSA) is 181 Å². The van der Waals surface area contributed by atoms with Crippen molar-refractivity contribution in [3.05, 3.63) is 110 Å². The number of esters is 3. The minimum absolute atomic E-state index is 0.00553. The second-order valence-electron chi connectivity index (χ2n) is 11.2. The van der Waals surface area contributed by atoms with E-state index in [1.54, 1.807) is 43.3 Å². The van der Waals surface area contributed by atoms with Gasteiger partial charge in [0.2, 0.25) is 5.91 Å². The molecule has 3 atom stereocenters. The van der Waals surface area contributed by atoms with Gasteiger partial charge < -0.3 is 18.9 Å². The summed E-state index contributed by atoms with van der Waals surface area (Å²) in [6.45, 7) is 3.13. The van der Waals surface area contributed by atoms with Crippen molar-refractivity contribution in [3.8, 4) is 11.5 Å². The van der Waals surface area contributed by atoms with Gasteiger partial charge in [0.05, 0.1) is 48.6 Å². The Bertz CT molecular complexity index is 2080. The van der Waals surface area contributed by atoms with E-state index in [2.05, 4.69) is 0 Å². The summed E-state index contributed by atoms with van der Waals surface area (Å²) in [6.07, 6.45) is -1.46. The van der Waals surface area contributed by atoms with Crippen molar-refractivity contribution in [1.29, 1.82) is 0 Å². The molecule has 2 amide bonds. The first-order chi connectivity index (χ1) is 24.5. The number of benzene rings is 3. The number of anilines is 2. The fourth-order valence-corrected chi connectivity index (χ4v) is 7.20. The Labute approximate surface area is 293 Å². The van der Waals surface area contributed by atoms with Gasteiger partial charge >= 0.3 is 17.9 Å². The Morgan fingerprint density at radius 3 is 2.33 bits per heavy atom. The van der Waals surface area contributed by atoms with Crippen LogP contribution in [0.25, 0.3) is 0 Å². The normalized spacial score (nSPS) is 18.0. The molecule has 262 valence electrons. The largest absolute Gasteiger partial charge is 0.493 e. The van der Waals surface area contributed by atoms with Gasteiger partial charge in [-0.25, -0.2) is 24.3 Å². The maximum absolute atomic E-state index is 14.5. The third-order valence-corrected chi connectivity index (χ3v) is 9.59. The van der Waals surface area contributed by atoms with Gasteiger partial charge in [-0.15, -0.1) is 11.3 Å². The summed E-state index contributed by atoms with van der Waals surface area (Å²) in [4.78, 5) is 85.2. The van der Waals surface area contributed by atoms with Gasteiger partial charge in [0.15, 0.2) is 17.6 Å². The smallest absolute Gasteiger partial charge is 0.348 e. The molecule has 2 fully saturated rings. The van der Waals surface area contributed by atoms with Gasteiger partial charge in [0.25, 0.3) is 11.6 Å². The number of carbonyl (C=O) groups is 5. The Morgan fingerprint density at radius 1 is 0.922 bits per heavy atom. The number of fused-ring (bicyclic) bond motifs is 1. The molecule has 0 unspecified atom stereocenters. The molecule has 3 aromatic carbocycles. The summed E-state index contributed by atoms with van der Waals surface area (Å²) in [6, 6.07) is 17.2. The molecular formula is C35H29N3O12S. The molecule has 0 N–H and O–H groups in total. The predicted molar refractivity (Wildman–Crippen MR) is 180 cm³/mol. The molecule has 4 aromatic rings. The van der Waals surface area contributed by atoms with Gasteiger partial charge in [0.1, 0.15) is 15.8 Å². The number of nitro groups is 1. The Morgan fingerprint density at radius 2 is 1.67 bits per heavy atom.